The highest BCUT2D eigenvalue weighted by molar-refractivity contribution is 5.79. The van der Waals surface area contributed by atoms with Crippen LogP contribution in [0.25, 0.3) is 10.9 Å². The fourth-order valence-electron chi connectivity index (χ4n) is 2.46. The molecule has 0 amide bonds. The molecule has 0 aliphatic heterocycles. The monoisotopic (exact) mass is 278 g/mol. The Labute approximate surface area is 124 Å². The fourth-order valence-corrected chi connectivity index (χ4v) is 2.46. The number of pyridine rings is 1. The Balaban J connectivity index is 2.01. The van der Waals surface area contributed by atoms with Crippen LogP contribution in [-0.2, 0) is 0 Å². The lowest BCUT2D eigenvalue weighted by molar-refractivity contribution is 0.596. The van der Waals surface area contributed by atoms with Crippen molar-refractivity contribution in [1.29, 1.82) is 0 Å². The number of nitrogens with one attached hydrogen (secondary N) is 1. The summed E-state index contributed by atoms with van der Waals surface area (Å²) in [6.07, 6.45) is 6.46. The molecule has 0 saturated carbocycles. The Bertz CT molecular complexity index is 712. The van der Waals surface area contributed by atoms with Crippen LogP contribution in [-0.4, -0.2) is 21.7 Å². The number of rotatable bonds is 5. The van der Waals surface area contributed by atoms with Crippen LogP contribution < -0.4 is 5.32 Å². The zero-order valence-electron chi connectivity index (χ0n) is 12.0. The van der Waals surface area contributed by atoms with Gasteiger partial charge in [-0.2, -0.15) is 10.2 Å². The first-order valence-electron chi connectivity index (χ1n) is 7.23. The van der Waals surface area contributed by atoms with Crippen molar-refractivity contribution >= 4 is 10.9 Å². The van der Waals surface area contributed by atoms with Gasteiger partial charge in [0, 0.05) is 17.8 Å². The van der Waals surface area contributed by atoms with Crippen molar-refractivity contribution in [1.82, 2.24) is 20.5 Å². The Hall–Kier alpha value is -2.33. The number of hydrogen-bond acceptors (Lipinski definition) is 4. The summed E-state index contributed by atoms with van der Waals surface area (Å²) < 4.78 is 0. The minimum Gasteiger partial charge on any atom is -0.306 e. The molecule has 3 aromatic rings. The summed E-state index contributed by atoms with van der Waals surface area (Å²) in [5.41, 5.74) is 3.36. The van der Waals surface area contributed by atoms with Crippen LogP contribution in [0.15, 0.2) is 55.0 Å². The molecule has 0 fully saturated rings. The van der Waals surface area contributed by atoms with Gasteiger partial charge in [0.2, 0.25) is 0 Å². The topological polar surface area (TPSA) is 50.7 Å². The zero-order chi connectivity index (χ0) is 14.5. The fraction of sp³-hybridized carbons (Fsp3) is 0.235. The summed E-state index contributed by atoms with van der Waals surface area (Å²) in [7, 11) is 0. The van der Waals surface area contributed by atoms with Crippen LogP contribution in [0.2, 0.25) is 0 Å². The van der Waals surface area contributed by atoms with Gasteiger partial charge >= 0.3 is 0 Å². The van der Waals surface area contributed by atoms with Gasteiger partial charge in [0.15, 0.2) is 0 Å². The summed E-state index contributed by atoms with van der Waals surface area (Å²) >= 11 is 0. The van der Waals surface area contributed by atoms with E-state index in [-0.39, 0.29) is 6.04 Å². The molecule has 0 spiro atoms. The van der Waals surface area contributed by atoms with Crippen molar-refractivity contribution in [3.05, 3.63) is 66.1 Å². The molecular formula is C17H18N4. The van der Waals surface area contributed by atoms with Crippen molar-refractivity contribution in [2.75, 3.05) is 6.54 Å². The first-order chi connectivity index (χ1) is 10.4. The summed E-state index contributed by atoms with van der Waals surface area (Å²) in [5, 5.41) is 12.6. The predicted molar refractivity (Wildman–Crippen MR) is 83.9 cm³/mol. The van der Waals surface area contributed by atoms with Gasteiger partial charge in [-0.05, 0) is 48.4 Å². The number of fused-ring (bicyclic) bond motifs is 1. The molecule has 0 aliphatic rings. The van der Waals surface area contributed by atoms with Gasteiger partial charge < -0.3 is 5.32 Å². The second-order valence-corrected chi connectivity index (χ2v) is 5.02. The zero-order valence-corrected chi connectivity index (χ0v) is 12.0. The average molecular weight is 278 g/mol. The molecule has 2 heterocycles. The predicted octanol–water partition coefficient (Wildman–Crippen LogP) is 3.11. The molecule has 4 heteroatoms. The Morgan fingerprint density at radius 1 is 1.05 bits per heavy atom. The average Bonchev–Trinajstić information content (AvgIpc) is 2.56. The highest BCUT2D eigenvalue weighted by atomic mass is 15.1. The maximum Gasteiger partial charge on any atom is 0.0702 e. The number of nitrogens with zero attached hydrogens (tertiary/aromatic N) is 3. The molecule has 106 valence electrons. The van der Waals surface area contributed by atoms with Crippen molar-refractivity contribution in [2.24, 2.45) is 0 Å². The van der Waals surface area contributed by atoms with E-state index in [1.165, 1.54) is 5.56 Å². The third kappa shape index (κ3) is 3.06. The quantitative estimate of drug-likeness (QED) is 0.779. The van der Waals surface area contributed by atoms with E-state index in [1.807, 2.05) is 24.5 Å². The summed E-state index contributed by atoms with van der Waals surface area (Å²) in [6, 6.07) is 12.6. The first kappa shape index (κ1) is 13.6. The molecular weight excluding hydrogens is 260 g/mol. The minimum atomic E-state index is 0.130. The molecule has 3 rings (SSSR count). The van der Waals surface area contributed by atoms with Gasteiger partial charge in [-0.1, -0.05) is 19.1 Å². The molecule has 0 bridgehead atoms. The molecule has 0 saturated heterocycles. The SMILES string of the molecule is CCCNC(c1ccnnc1)c1ccc2ncccc2c1. The van der Waals surface area contributed by atoms with Crippen molar-refractivity contribution < 1.29 is 0 Å². The maximum atomic E-state index is 4.37. The normalized spacial score (nSPS) is 12.4. The lowest BCUT2D eigenvalue weighted by Crippen LogP contribution is -2.23. The van der Waals surface area contributed by atoms with Crippen molar-refractivity contribution in [3.63, 3.8) is 0 Å². The summed E-state index contributed by atoms with van der Waals surface area (Å²) in [4.78, 5) is 4.37. The molecule has 4 nitrogen and oxygen atoms in total. The smallest absolute Gasteiger partial charge is 0.0702 e. The second-order valence-electron chi connectivity index (χ2n) is 5.02. The Morgan fingerprint density at radius 3 is 2.81 bits per heavy atom. The highest BCUT2D eigenvalue weighted by Gasteiger charge is 2.14. The van der Waals surface area contributed by atoms with E-state index >= 15 is 0 Å². The van der Waals surface area contributed by atoms with E-state index in [2.05, 4.69) is 51.7 Å². The molecule has 2 aromatic heterocycles. The molecule has 0 radical (unpaired) electrons. The molecule has 1 aromatic carbocycles. The van der Waals surface area contributed by atoms with E-state index in [9.17, 15) is 0 Å². The summed E-state index contributed by atoms with van der Waals surface area (Å²) in [6.45, 7) is 3.12. The van der Waals surface area contributed by atoms with E-state index in [0.717, 1.165) is 29.4 Å². The van der Waals surface area contributed by atoms with Crippen LogP contribution in [0.4, 0.5) is 0 Å². The third-order valence-corrected chi connectivity index (χ3v) is 3.50. The first-order valence-corrected chi connectivity index (χ1v) is 7.23. The molecule has 0 aliphatic carbocycles. The van der Waals surface area contributed by atoms with Crippen LogP contribution in [0.3, 0.4) is 0 Å². The number of benzene rings is 1. The number of hydrogen-bond donors (Lipinski definition) is 1. The molecule has 21 heavy (non-hydrogen) atoms. The highest BCUT2D eigenvalue weighted by Crippen LogP contribution is 2.24. The summed E-state index contributed by atoms with van der Waals surface area (Å²) in [5.74, 6) is 0. The van der Waals surface area contributed by atoms with Crippen LogP contribution in [0.1, 0.15) is 30.5 Å². The standard InChI is InChI=1S/C17H18N4/c1-2-8-19-17(15-7-10-20-21-12-15)14-5-6-16-13(11-14)4-3-9-18-16/h3-7,9-12,17,19H,2,8H2,1H3. The second kappa shape index (κ2) is 6.41. The van der Waals surface area contributed by atoms with Gasteiger partial charge in [0.1, 0.15) is 0 Å². The third-order valence-electron chi connectivity index (χ3n) is 3.50. The van der Waals surface area contributed by atoms with Crippen LogP contribution in [0, 0.1) is 0 Å². The Morgan fingerprint density at radius 2 is 2.00 bits per heavy atom. The van der Waals surface area contributed by atoms with E-state index in [1.54, 1.807) is 6.20 Å². The lowest BCUT2D eigenvalue weighted by Gasteiger charge is -2.19. The Kier molecular flexibility index (Phi) is 4.17. The lowest BCUT2D eigenvalue weighted by atomic mass is 9.98. The molecule has 1 N–H and O–H groups in total. The maximum absolute atomic E-state index is 4.37. The van der Waals surface area contributed by atoms with Gasteiger partial charge in [-0.3, -0.25) is 4.98 Å². The minimum absolute atomic E-state index is 0.130. The van der Waals surface area contributed by atoms with Gasteiger partial charge in [0.25, 0.3) is 0 Å². The van der Waals surface area contributed by atoms with E-state index < -0.39 is 0 Å². The van der Waals surface area contributed by atoms with Crippen molar-refractivity contribution in [3.8, 4) is 0 Å². The van der Waals surface area contributed by atoms with Gasteiger partial charge in [0.05, 0.1) is 17.8 Å². The van der Waals surface area contributed by atoms with Crippen LogP contribution in [0.5, 0.6) is 0 Å². The van der Waals surface area contributed by atoms with Crippen LogP contribution >= 0.6 is 0 Å². The largest absolute Gasteiger partial charge is 0.306 e. The molecule has 1 unspecified atom stereocenters. The number of aromatic nitrogens is 3. The van der Waals surface area contributed by atoms with E-state index in [0.29, 0.717) is 0 Å². The molecule has 1 atom stereocenters. The van der Waals surface area contributed by atoms with E-state index in [4.69, 9.17) is 0 Å². The van der Waals surface area contributed by atoms with Gasteiger partial charge in [-0.15, -0.1) is 0 Å². The van der Waals surface area contributed by atoms with Crippen molar-refractivity contribution in [2.45, 2.75) is 19.4 Å². The van der Waals surface area contributed by atoms with Gasteiger partial charge in [-0.25, -0.2) is 0 Å².